The average molecular weight is 470 g/mol. The van der Waals surface area contributed by atoms with E-state index in [4.69, 9.17) is 27.9 Å². The van der Waals surface area contributed by atoms with Crippen LogP contribution in [-0.2, 0) is 14.8 Å². The third-order valence-electron chi connectivity index (χ3n) is 4.85. The highest BCUT2D eigenvalue weighted by atomic mass is 35.5. The van der Waals surface area contributed by atoms with Crippen LogP contribution in [0.1, 0.15) is 46.4 Å². The van der Waals surface area contributed by atoms with Gasteiger partial charge in [0.1, 0.15) is 4.90 Å². The SMILES string of the molecule is O=C(COC(=O)c1cc(S(=O)(=O)N2CCCCCC2)c(Cl)cc1Cl)c1ccccc1. The molecule has 160 valence electrons. The van der Waals surface area contributed by atoms with Gasteiger partial charge in [-0.3, -0.25) is 4.79 Å². The Labute approximate surface area is 185 Å². The molecule has 6 nitrogen and oxygen atoms in total. The van der Waals surface area contributed by atoms with Crippen LogP contribution in [0.2, 0.25) is 10.0 Å². The van der Waals surface area contributed by atoms with Crippen LogP contribution >= 0.6 is 23.2 Å². The van der Waals surface area contributed by atoms with Crippen LogP contribution in [-0.4, -0.2) is 44.2 Å². The van der Waals surface area contributed by atoms with Crippen molar-refractivity contribution in [3.63, 3.8) is 0 Å². The van der Waals surface area contributed by atoms with E-state index in [1.54, 1.807) is 30.3 Å². The lowest BCUT2D eigenvalue weighted by Crippen LogP contribution is -2.32. The number of halogens is 2. The Balaban J connectivity index is 1.82. The Morgan fingerprint density at radius 3 is 2.20 bits per heavy atom. The summed E-state index contributed by atoms with van der Waals surface area (Å²) in [6.07, 6.45) is 3.46. The van der Waals surface area contributed by atoms with Crippen molar-refractivity contribution >= 4 is 45.0 Å². The van der Waals surface area contributed by atoms with Crippen LogP contribution < -0.4 is 0 Å². The number of hydrogen-bond donors (Lipinski definition) is 0. The molecule has 0 unspecified atom stereocenters. The van der Waals surface area contributed by atoms with Crippen molar-refractivity contribution in [3.8, 4) is 0 Å². The number of sulfonamides is 1. The normalized spacial score (nSPS) is 15.4. The van der Waals surface area contributed by atoms with Crippen LogP contribution in [0.5, 0.6) is 0 Å². The summed E-state index contributed by atoms with van der Waals surface area (Å²) < 4.78 is 32.6. The summed E-state index contributed by atoms with van der Waals surface area (Å²) in [7, 11) is -3.90. The standard InChI is InChI=1S/C21H21Cl2NO5S/c22-17-13-18(23)20(30(27,28)24-10-6-1-2-7-11-24)12-16(17)21(26)29-14-19(25)15-8-4-3-5-9-15/h3-5,8-9,12-13H,1-2,6-7,10-11,14H2. The monoisotopic (exact) mass is 469 g/mol. The van der Waals surface area contributed by atoms with Gasteiger partial charge in [0.15, 0.2) is 12.4 Å². The predicted molar refractivity (Wildman–Crippen MR) is 115 cm³/mol. The van der Waals surface area contributed by atoms with E-state index < -0.39 is 22.6 Å². The number of benzene rings is 2. The van der Waals surface area contributed by atoms with Gasteiger partial charge in [0, 0.05) is 18.7 Å². The quantitative estimate of drug-likeness (QED) is 0.456. The van der Waals surface area contributed by atoms with E-state index in [0.717, 1.165) is 31.7 Å². The fourth-order valence-corrected chi connectivity index (χ4v) is 5.56. The van der Waals surface area contributed by atoms with E-state index >= 15 is 0 Å². The van der Waals surface area contributed by atoms with E-state index in [1.165, 1.54) is 10.4 Å². The van der Waals surface area contributed by atoms with Gasteiger partial charge in [-0.05, 0) is 25.0 Å². The van der Waals surface area contributed by atoms with Crippen LogP contribution in [0.4, 0.5) is 0 Å². The van der Waals surface area contributed by atoms with E-state index in [9.17, 15) is 18.0 Å². The van der Waals surface area contributed by atoms with E-state index in [0.29, 0.717) is 18.7 Å². The van der Waals surface area contributed by atoms with Crippen molar-refractivity contribution in [2.45, 2.75) is 30.6 Å². The molecule has 0 aliphatic carbocycles. The van der Waals surface area contributed by atoms with Crippen molar-refractivity contribution in [1.82, 2.24) is 4.31 Å². The van der Waals surface area contributed by atoms with E-state index in [-0.39, 0.29) is 26.3 Å². The van der Waals surface area contributed by atoms with Crippen molar-refractivity contribution in [2.75, 3.05) is 19.7 Å². The fourth-order valence-electron chi connectivity index (χ4n) is 3.22. The third kappa shape index (κ3) is 5.21. The lowest BCUT2D eigenvalue weighted by Gasteiger charge is -2.21. The number of ether oxygens (including phenoxy) is 1. The largest absolute Gasteiger partial charge is 0.454 e. The second-order valence-corrected chi connectivity index (χ2v) is 9.67. The first-order chi connectivity index (χ1) is 14.3. The molecule has 0 saturated carbocycles. The van der Waals surface area contributed by atoms with Crippen molar-refractivity contribution in [3.05, 3.63) is 63.6 Å². The Morgan fingerprint density at radius 1 is 0.933 bits per heavy atom. The number of nitrogens with zero attached hydrogens (tertiary/aromatic N) is 1. The first-order valence-corrected chi connectivity index (χ1v) is 11.7. The highest BCUT2D eigenvalue weighted by molar-refractivity contribution is 7.89. The van der Waals surface area contributed by atoms with Crippen molar-refractivity contribution in [1.29, 1.82) is 0 Å². The number of carbonyl (C=O) groups excluding carboxylic acids is 2. The van der Waals surface area contributed by atoms with Gasteiger partial charge in [0.25, 0.3) is 0 Å². The van der Waals surface area contributed by atoms with Gasteiger partial charge in [-0.1, -0.05) is 66.4 Å². The number of ketones is 1. The summed E-state index contributed by atoms with van der Waals surface area (Å²) in [5.41, 5.74) is 0.243. The number of rotatable bonds is 6. The topological polar surface area (TPSA) is 80.8 Å². The number of hydrogen-bond acceptors (Lipinski definition) is 5. The minimum Gasteiger partial charge on any atom is -0.454 e. The Bertz CT molecular complexity index is 1030. The summed E-state index contributed by atoms with van der Waals surface area (Å²) in [6.45, 7) is 0.301. The van der Waals surface area contributed by atoms with Crippen LogP contribution in [0.3, 0.4) is 0 Å². The summed E-state index contributed by atoms with van der Waals surface area (Å²) in [6, 6.07) is 10.7. The van der Waals surface area contributed by atoms with E-state index in [1.807, 2.05) is 0 Å². The van der Waals surface area contributed by atoms with Gasteiger partial charge in [0.2, 0.25) is 10.0 Å². The molecule has 1 saturated heterocycles. The molecule has 1 aliphatic rings. The third-order valence-corrected chi connectivity index (χ3v) is 7.53. The number of carbonyl (C=O) groups is 2. The van der Waals surface area contributed by atoms with Gasteiger partial charge in [0.05, 0.1) is 15.6 Å². The predicted octanol–water partition coefficient (Wildman–Crippen LogP) is 4.60. The molecule has 0 aromatic heterocycles. The zero-order valence-corrected chi connectivity index (χ0v) is 18.5. The molecule has 0 atom stereocenters. The molecule has 0 bridgehead atoms. The maximum absolute atomic E-state index is 13.1. The highest BCUT2D eigenvalue weighted by Crippen LogP contribution is 2.32. The van der Waals surface area contributed by atoms with Crippen molar-refractivity contribution in [2.24, 2.45) is 0 Å². The second-order valence-electron chi connectivity index (χ2n) is 6.95. The zero-order chi connectivity index (χ0) is 21.7. The lowest BCUT2D eigenvalue weighted by atomic mass is 10.1. The summed E-state index contributed by atoms with van der Waals surface area (Å²) in [5.74, 6) is -1.28. The second kappa shape index (κ2) is 9.92. The Morgan fingerprint density at radius 2 is 1.57 bits per heavy atom. The van der Waals surface area contributed by atoms with Gasteiger partial charge in [-0.25, -0.2) is 13.2 Å². The first kappa shape index (κ1) is 22.7. The molecule has 0 radical (unpaired) electrons. The minimum atomic E-state index is -3.90. The maximum Gasteiger partial charge on any atom is 0.340 e. The number of Topliss-reactive ketones (excluding diaryl/α,β-unsaturated/α-hetero) is 1. The Kier molecular flexibility index (Phi) is 7.52. The van der Waals surface area contributed by atoms with Crippen molar-refractivity contribution < 1.29 is 22.7 Å². The van der Waals surface area contributed by atoms with Crippen LogP contribution in [0, 0.1) is 0 Å². The maximum atomic E-state index is 13.1. The molecule has 1 heterocycles. The Hall–Kier alpha value is -1.93. The molecular formula is C21H21Cl2NO5S. The molecule has 30 heavy (non-hydrogen) atoms. The van der Waals surface area contributed by atoms with Gasteiger partial charge in [-0.2, -0.15) is 4.31 Å². The van der Waals surface area contributed by atoms with Gasteiger partial charge in [-0.15, -0.1) is 0 Å². The van der Waals surface area contributed by atoms with Gasteiger partial charge < -0.3 is 4.74 Å². The molecule has 2 aromatic carbocycles. The molecule has 2 aromatic rings. The van der Waals surface area contributed by atoms with Crippen LogP contribution in [0.25, 0.3) is 0 Å². The summed E-state index contributed by atoms with van der Waals surface area (Å²) >= 11 is 12.3. The molecule has 3 rings (SSSR count). The molecule has 0 amide bonds. The fraction of sp³-hybridized carbons (Fsp3) is 0.333. The molecule has 1 fully saturated rings. The zero-order valence-electron chi connectivity index (χ0n) is 16.1. The molecule has 0 spiro atoms. The summed E-state index contributed by atoms with van der Waals surface area (Å²) in [5, 5.41) is -0.117. The molecule has 0 N–H and O–H groups in total. The molecule has 9 heteroatoms. The minimum absolute atomic E-state index is 0.0491. The first-order valence-electron chi connectivity index (χ1n) is 9.55. The number of esters is 1. The highest BCUT2D eigenvalue weighted by Gasteiger charge is 2.29. The molecule has 1 aliphatic heterocycles. The molecular weight excluding hydrogens is 449 g/mol. The van der Waals surface area contributed by atoms with Gasteiger partial charge >= 0.3 is 5.97 Å². The lowest BCUT2D eigenvalue weighted by molar-refractivity contribution is 0.0474. The smallest absolute Gasteiger partial charge is 0.340 e. The average Bonchev–Trinajstić information content (AvgIpc) is 3.02. The summed E-state index contributed by atoms with van der Waals surface area (Å²) in [4.78, 5) is 24.5. The van der Waals surface area contributed by atoms with Crippen LogP contribution in [0.15, 0.2) is 47.4 Å². The van der Waals surface area contributed by atoms with E-state index in [2.05, 4.69) is 0 Å².